The maximum absolute atomic E-state index is 9.06. The number of ether oxygens (including phenoxy) is 2. The van der Waals surface area contributed by atoms with Crippen LogP contribution in [0.2, 0.25) is 0 Å². The molecular formula is C11H23NO4. The van der Waals surface area contributed by atoms with E-state index in [1.165, 1.54) is 0 Å². The normalized spacial score (nSPS) is 38.2. The van der Waals surface area contributed by atoms with Crippen LogP contribution in [0.25, 0.3) is 0 Å². The van der Waals surface area contributed by atoms with Gasteiger partial charge >= 0.3 is 0 Å². The molecule has 2 fully saturated rings. The van der Waals surface area contributed by atoms with E-state index >= 15 is 0 Å². The summed E-state index contributed by atoms with van der Waals surface area (Å²) in [6, 6.07) is 0. The molecule has 0 aromatic carbocycles. The van der Waals surface area contributed by atoms with Crippen LogP contribution in [-0.2, 0) is 9.47 Å². The van der Waals surface area contributed by atoms with Crippen molar-refractivity contribution in [3.8, 4) is 0 Å². The molecule has 5 nitrogen and oxygen atoms in total. The lowest BCUT2D eigenvalue weighted by Crippen LogP contribution is -2.25. The van der Waals surface area contributed by atoms with Crippen molar-refractivity contribution >= 4 is 0 Å². The number of methoxy groups -OCH3 is 2. The SMILES string of the molecule is CO[C@@H]1CNC[C@H]1O.CO[C@H]1CCC[C@@H]1O. The third-order valence-electron chi connectivity index (χ3n) is 3.15. The lowest BCUT2D eigenvalue weighted by atomic mass is 10.3. The second kappa shape index (κ2) is 7.19. The zero-order chi connectivity index (χ0) is 12.0. The molecule has 5 heteroatoms. The molecule has 0 bridgehead atoms. The Morgan fingerprint density at radius 1 is 0.938 bits per heavy atom. The fourth-order valence-corrected chi connectivity index (χ4v) is 2.06. The molecule has 0 aromatic heterocycles. The number of rotatable bonds is 2. The van der Waals surface area contributed by atoms with Gasteiger partial charge < -0.3 is 25.0 Å². The molecule has 3 N–H and O–H groups in total. The molecule has 4 atom stereocenters. The fourth-order valence-electron chi connectivity index (χ4n) is 2.06. The first-order chi connectivity index (χ1) is 7.69. The third kappa shape index (κ3) is 3.99. The Morgan fingerprint density at radius 3 is 1.88 bits per heavy atom. The van der Waals surface area contributed by atoms with Crippen LogP contribution < -0.4 is 5.32 Å². The highest BCUT2D eigenvalue weighted by Crippen LogP contribution is 2.20. The van der Waals surface area contributed by atoms with E-state index in [0.29, 0.717) is 6.54 Å². The Kier molecular flexibility index (Phi) is 6.23. The van der Waals surface area contributed by atoms with Crippen molar-refractivity contribution in [3.05, 3.63) is 0 Å². The average Bonchev–Trinajstić information content (AvgIpc) is 2.87. The summed E-state index contributed by atoms with van der Waals surface area (Å²) in [6.07, 6.45) is 2.68. The Balaban J connectivity index is 0.000000160. The summed E-state index contributed by atoms with van der Waals surface area (Å²) in [4.78, 5) is 0. The van der Waals surface area contributed by atoms with Gasteiger partial charge in [-0.15, -0.1) is 0 Å². The molecule has 2 rings (SSSR count). The number of aliphatic hydroxyl groups excluding tert-OH is 2. The highest BCUT2D eigenvalue weighted by Gasteiger charge is 2.24. The van der Waals surface area contributed by atoms with E-state index in [0.717, 1.165) is 25.8 Å². The summed E-state index contributed by atoms with van der Waals surface area (Å²) in [5.41, 5.74) is 0. The molecule has 1 saturated carbocycles. The van der Waals surface area contributed by atoms with Gasteiger partial charge in [0.05, 0.1) is 24.4 Å². The molecule has 16 heavy (non-hydrogen) atoms. The molecule has 0 amide bonds. The summed E-state index contributed by atoms with van der Waals surface area (Å²) < 4.78 is 9.88. The lowest BCUT2D eigenvalue weighted by Gasteiger charge is -2.10. The largest absolute Gasteiger partial charge is 0.390 e. The van der Waals surface area contributed by atoms with Gasteiger partial charge in [0.2, 0.25) is 0 Å². The van der Waals surface area contributed by atoms with Crippen LogP contribution in [0.1, 0.15) is 19.3 Å². The molecule has 1 saturated heterocycles. The Hall–Kier alpha value is -0.200. The van der Waals surface area contributed by atoms with Gasteiger partial charge in [-0.1, -0.05) is 0 Å². The first-order valence-corrected chi connectivity index (χ1v) is 5.81. The van der Waals surface area contributed by atoms with Gasteiger partial charge in [0.1, 0.15) is 0 Å². The van der Waals surface area contributed by atoms with Crippen molar-refractivity contribution in [3.63, 3.8) is 0 Å². The van der Waals surface area contributed by atoms with Crippen LogP contribution in [-0.4, -0.2) is 61.9 Å². The second-order valence-electron chi connectivity index (χ2n) is 4.27. The van der Waals surface area contributed by atoms with Gasteiger partial charge in [0.25, 0.3) is 0 Å². The highest BCUT2D eigenvalue weighted by atomic mass is 16.5. The fraction of sp³-hybridized carbons (Fsp3) is 1.00. The molecule has 1 aliphatic carbocycles. The number of aliphatic hydroxyl groups is 2. The molecular weight excluding hydrogens is 210 g/mol. The quantitative estimate of drug-likeness (QED) is 0.600. The van der Waals surface area contributed by atoms with Crippen molar-refractivity contribution in [2.75, 3.05) is 27.3 Å². The topological polar surface area (TPSA) is 71.0 Å². The summed E-state index contributed by atoms with van der Waals surface area (Å²) >= 11 is 0. The van der Waals surface area contributed by atoms with E-state index in [1.807, 2.05) is 0 Å². The Labute approximate surface area is 96.7 Å². The Morgan fingerprint density at radius 2 is 1.62 bits per heavy atom. The summed E-state index contributed by atoms with van der Waals surface area (Å²) in [6.45, 7) is 1.44. The zero-order valence-electron chi connectivity index (χ0n) is 10.1. The third-order valence-corrected chi connectivity index (χ3v) is 3.15. The number of hydrogen-bond acceptors (Lipinski definition) is 5. The molecule has 0 radical (unpaired) electrons. The van der Waals surface area contributed by atoms with Crippen LogP contribution in [0.3, 0.4) is 0 Å². The minimum absolute atomic E-state index is 0.00926. The van der Waals surface area contributed by atoms with E-state index in [2.05, 4.69) is 5.32 Å². The van der Waals surface area contributed by atoms with Crippen LogP contribution in [0.4, 0.5) is 0 Å². The average molecular weight is 233 g/mol. The molecule has 0 aromatic rings. The first-order valence-electron chi connectivity index (χ1n) is 5.81. The van der Waals surface area contributed by atoms with Crippen molar-refractivity contribution in [2.45, 2.75) is 43.7 Å². The van der Waals surface area contributed by atoms with E-state index in [9.17, 15) is 0 Å². The van der Waals surface area contributed by atoms with E-state index in [4.69, 9.17) is 19.7 Å². The number of nitrogens with one attached hydrogen (secondary N) is 1. The van der Waals surface area contributed by atoms with Crippen LogP contribution >= 0.6 is 0 Å². The highest BCUT2D eigenvalue weighted by molar-refractivity contribution is 4.80. The van der Waals surface area contributed by atoms with Gasteiger partial charge in [-0.25, -0.2) is 0 Å². The van der Waals surface area contributed by atoms with Crippen LogP contribution in [0.5, 0.6) is 0 Å². The molecule has 1 aliphatic heterocycles. The predicted molar refractivity (Wildman–Crippen MR) is 60.3 cm³/mol. The maximum atomic E-state index is 9.06. The second-order valence-corrected chi connectivity index (χ2v) is 4.27. The summed E-state index contributed by atoms with van der Waals surface area (Å²) in [7, 11) is 3.26. The summed E-state index contributed by atoms with van der Waals surface area (Å²) in [5, 5.41) is 21.1. The Bertz CT molecular complexity index is 171. The lowest BCUT2D eigenvalue weighted by molar-refractivity contribution is 0.00983. The van der Waals surface area contributed by atoms with Gasteiger partial charge in [0, 0.05) is 27.3 Å². The maximum Gasteiger partial charge on any atom is 0.0966 e. The van der Waals surface area contributed by atoms with Gasteiger partial charge in [-0.3, -0.25) is 0 Å². The van der Waals surface area contributed by atoms with E-state index in [-0.39, 0.29) is 24.4 Å². The molecule has 0 spiro atoms. The van der Waals surface area contributed by atoms with E-state index in [1.54, 1.807) is 14.2 Å². The predicted octanol–water partition coefficient (Wildman–Crippen LogP) is -0.488. The van der Waals surface area contributed by atoms with Crippen molar-refractivity contribution < 1.29 is 19.7 Å². The minimum Gasteiger partial charge on any atom is -0.390 e. The van der Waals surface area contributed by atoms with Crippen LogP contribution in [0, 0.1) is 0 Å². The van der Waals surface area contributed by atoms with Crippen molar-refractivity contribution in [1.29, 1.82) is 0 Å². The van der Waals surface area contributed by atoms with E-state index < -0.39 is 0 Å². The monoisotopic (exact) mass is 233 g/mol. The zero-order valence-corrected chi connectivity index (χ0v) is 10.1. The standard InChI is InChI=1S/C6H12O2.C5H11NO2/c1-8-6-4-2-3-5(6)7;1-8-5-3-6-2-4(5)7/h5-7H,2-4H2,1H3;4-7H,2-3H2,1H3/t5-,6-;4-,5-/m01/s1. The van der Waals surface area contributed by atoms with Gasteiger partial charge in [-0.2, -0.15) is 0 Å². The number of β-amino-alcohol motifs (C(OH)–C–C–N with tert-alkyl or cyclic N) is 1. The van der Waals surface area contributed by atoms with Gasteiger partial charge in [-0.05, 0) is 19.3 Å². The smallest absolute Gasteiger partial charge is 0.0966 e. The summed E-state index contributed by atoms with van der Waals surface area (Å²) in [5.74, 6) is 0. The van der Waals surface area contributed by atoms with Crippen molar-refractivity contribution in [2.24, 2.45) is 0 Å². The van der Waals surface area contributed by atoms with Crippen LogP contribution in [0.15, 0.2) is 0 Å². The molecule has 1 heterocycles. The number of hydrogen-bond donors (Lipinski definition) is 3. The first kappa shape index (κ1) is 13.9. The minimum atomic E-state index is -0.306. The molecule has 2 aliphatic rings. The molecule has 96 valence electrons. The van der Waals surface area contributed by atoms with Gasteiger partial charge in [0.15, 0.2) is 0 Å². The molecule has 0 unspecified atom stereocenters. The van der Waals surface area contributed by atoms with Crippen molar-refractivity contribution in [1.82, 2.24) is 5.32 Å².